The molecule has 0 aliphatic heterocycles. The van der Waals surface area contributed by atoms with Crippen molar-refractivity contribution in [2.24, 2.45) is 7.05 Å². The van der Waals surface area contributed by atoms with E-state index in [1.54, 1.807) is 0 Å². The predicted molar refractivity (Wildman–Crippen MR) is 65.9 cm³/mol. The molecular weight excluding hydrogens is 238 g/mol. The Balaban J connectivity index is 2.30. The first-order chi connectivity index (χ1) is 8.12. The maximum absolute atomic E-state index is 10.7. The van der Waals surface area contributed by atoms with Gasteiger partial charge in [0, 0.05) is 18.8 Å². The van der Waals surface area contributed by atoms with Crippen LogP contribution in [0.3, 0.4) is 0 Å². The molecular formula is C12H14ClN3O. The lowest BCUT2D eigenvalue weighted by Gasteiger charge is -2.21. The molecule has 90 valence electrons. The van der Waals surface area contributed by atoms with E-state index in [0.717, 1.165) is 42.3 Å². The number of fused-ring (bicyclic) bond motifs is 1. The molecule has 1 aliphatic carbocycles. The van der Waals surface area contributed by atoms with Crippen molar-refractivity contribution < 1.29 is 5.11 Å². The molecule has 4 nitrogen and oxygen atoms in total. The van der Waals surface area contributed by atoms with E-state index >= 15 is 0 Å². The number of rotatable bonds is 1. The average Bonchev–Trinajstić information content (AvgIpc) is 2.86. The maximum Gasteiger partial charge on any atom is 0.144 e. The largest absolute Gasteiger partial charge is 0.385 e. The summed E-state index contributed by atoms with van der Waals surface area (Å²) in [6.07, 6.45) is 7.06. The number of aromatic nitrogens is 3. The number of hydrogen-bond acceptors (Lipinski definition) is 3. The molecule has 0 atom stereocenters. The zero-order valence-corrected chi connectivity index (χ0v) is 10.4. The van der Waals surface area contributed by atoms with Crippen LogP contribution in [0.15, 0.2) is 12.5 Å². The highest BCUT2D eigenvalue weighted by molar-refractivity contribution is 6.34. The Morgan fingerprint density at radius 2 is 2.06 bits per heavy atom. The second-order valence-corrected chi connectivity index (χ2v) is 5.11. The highest BCUT2D eigenvalue weighted by atomic mass is 35.5. The third-order valence-electron chi connectivity index (χ3n) is 3.64. The summed E-state index contributed by atoms with van der Waals surface area (Å²) in [5, 5.41) is 11.9. The summed E-state index contributed by atoms with van der Waals surface area (Å²) in [4.78, 5) is 8.23. The molecule has 0 aromatic carbocycles. The Morgan fingerprint density at radius 1 is 1.35 bits per heavy atom. The standard InChI is InChI=1S/C12H14ClN3O/c1-16-6-8(12(17)4-2-3-5-12)9-10(13)14-7-15-11(9)16/h6-7,17H,2-5H2,1H3. The molecule has 17 heavy (non-hydrogen) atoms. The van der Waals surface area contributed by atoms with Crippen LogP contribution < -0.4 is 0 Å². The number of halogens is 1. The van der Waals surface area contributed by atoms with Crippen molar-refractivity contribution in [2.75, 3.05) is 0 Å². The molecule has 2 heterocycles. The van der Waals surface area contributed by atoms with Crippen LogP contribution in [0.5, 0.6) is 0 Å². The molecule has 0 unspecified atom stereocenters. The molecule has 0 radical (unpaired) electrons. The SMILES string of the molecule is Cn1cc(C2(O)CCCC2)c2c(Cl)ncnc21. The normalized spacial score (nSPS) is 19.0. The third-order valence-corrected chi connectivity index (χ3v) is 3.93. The van der Waals surface area contributed by atoms with Crippen molar-refractivity contribution in [3.8, 4) is 0 Å². The van der Waals surface area contributed by atoms with Crippen molar-refractivity contribution in [1.29, 1.82) is 0 Å². The van der Waals surface area contributed by atoms with E-state index in [2.05, 4.69) is 9.97 Å². The van der Waals surface area contributed by atoms with Crippen LogP contribution in [0.2, 0.25) is 5.15 Å². The summed E-state index contributed by atoms with van der Waals surface area (Å²) in [7, 11) is 1.91. The highest BCUT2D eigenvalue weighted by Crippen LogP contribution is 2.42. The van der Waals surface area contributed by atoms with Crippen molar-refractivity contribution in [2.45, 2.75) is 31.3 Å². The Bertz CT molecular complexity index is 572. The molecule has 0 bridgehead atoms. The van der Waals surface area contributed by atoms with Crippen LogP contribution in [0.1, 0.15) is 31.2 Å². The monoisotopic (exact) mass is 251 g/mol. The summed E-state index contributed by atoms with van der Waals surface area (Å²) in [6.45, 7) is 0. The van der Waals surface area contributed by atoms with Gasteiger partial charge in [0.1, 0.15) is 17.1 Å². The minimum absolute atomic E-state index is 0.422. The van der Waals surface area contributed by atoms with Gasteiger partial charge in [-0.2, -0.15) is 0 Å². The second-order valence-electron chi connectivity index (χ2n) is 4.76. The van der Waals surface area contributed by atoms with Gasteiger partial charge in [-0.3, -0.25) is 0 Å². The molecule has 1 N–H and O–H groups in total. The zero-order valence-electron chi connectivity index (χ0n) is 9.65. The second kappa shape index (κ2) is 3.68. The van der Waals surface area contributed by atoms with E-state index in [0.29, 0.717) is 5.15 Å². The summed E-state index contributed by atoms with van der Waals surface area (Å²) >= 11 is 6.14. The number of nitrogens with zero attached hydrogens (tertiary/aromatic N) is 3. The topological polar surface area (TPSA) is 50.9 Å². The summed E-state index contributed by atoms with van der Waals surface area (Å²) in [5.41, 5.74) is 0.895. The van der Waals surface area contributed by atoms with Gasteiger partial charge in [-0.15, -0.1) is 0 Å². The van der Waals surface area contributed by atoms with Crippen molar-refractivity contribution in [3.63, 3.8) is 0 Å². The van der Waals surface area contributed by atoms with Gasteiger partial charge in [0.2, 0.25) is 0 Å². The van der Waals surface area contributed by atoms with Gasteiger partial charge in [-0.25, -0.2) is 9.97 Å². The smallest absolute Gasteiger partial charge is 0.144 e. The Labute approximate surface area is 104 Å². The predicted octanol–water partition coefficient (Wildman–Crippen LogP) is 2.38. The number of aryl methyl sites for hydroxylation is 1. The summed E-state index contributed by atoms with van der Waals surface area (Å²) < 4.78 is 1.90. The van der Waals surface area contributed by atoms with Crippen molar-refractivity contribution in [3.05, 3.63) is 23.2 Å². The molecule has 0 amide bonds. The van der Waals surface area contributed by atoms with Gasteiger partial charge >= 0.3 is 0 Å². The number of hydrogen-bond donors (Lipinski definition) is 1. The average molecular weight is 252 g/mol. The van der Waals surface area contributed by atoms with Gasteiger partial charge in [0.25, 0.3) is 0 Å². The van der Waals surface area contributed by atoms with Crippen LogP contribution in [0, 0.1) is 0 Å². The molecule has 0 saturated heterocycles. The molecule has 1 fully saturated rings. The van der Waals surface area contributed by atoms with Crippen LogP contribution in [0.25, 0.3) is 11.0 Å². The first kappa shape index (κ1) is 11.0. The van der Waals surface area contributed by atoms with E-state index in [-0.39, 0.29) is 0 Å². The Kier molecular flexibility index (Phi) is 2.38. The van der Waals surface area contributed by atoms with E-state index in [9.17, 15) is 5.11 Å². The van der Waals surface area contributed by atoms with Gasteiger partial charge in [0.15, 0.2) is 0 Å². The summed E-state index contributed by atoms with van der Waals surface area (Å²) in [5.74, 6) is 0. The molecule has 1 aliphatic rings. The maximum atomic E-state index is 10.7. The lowest BCUT2D eigenvalue weighted by Crippen LogP contribution is -2.20. The molecule has 1 saturated carbocycles. The lowest BCUT2D eigenvalue weighted by molar-refractivity contribution is 0.0458. The zero-order chi connectivity index (χ0) is 12.0. The van der Waals surface area contributed by atoms with Crippen molar-refractivity contribution >= 4 is 22.6 Å². The third kappa shape index (κ3) is 1.55. The molecule has 2 aromatic rings. The van der Waals surface area contributed by atoms with E-state index in [4.69, 9.17) is 11.6 Å². The molecule has 3 rings (SSSR count). The lowest BCUT2D eigenvalue weighted by atomic mass is 9.93. The van der Waals surface area contributed by atoms with Crippen LogP contribution in [0.4, 0.5) is 0 Å². The number of aliphatic hydroxyl groups is 1. The minimum Gasteiger partial charge on any atom is -0.385 e. The Morgan fingerprint density at radius 3 is 2.76 bits per heavy atom. The quantitative estimate of drug-likeness (QED) is 0.792. The van der Waals surface area contributed by atoms with Gasteiger partial charge in [-0.1, -0.05) is 24.4 Å². The molecule has 2 aromatic heterocycles. The Hall–Kier alpha value is -1.13. The first-order valence-electron chi connectivity index (χ1n) is 5.80. The van der Waals surface area contributed by atoms with Crippen LogP contribution in [-0.4, -0.2) is 19.6 Å². The summed E-state index contributed by atoms with van der Waals surface area (Å²) in [6, 6.07) is 0. The molecule has 5 heteroatoms. The van der Waals surface area contributed by atoms with Crippen LogP contribution in [-0.2, 0) is 12.6 Å². The fraction of sp³-hybridized carbons (Fsp3) is 0.500. The van der Waals surface area contributed by atoms with E-state index < -0.39 is 5.60 Å². The fourth-order valence-electron chi connectivity index (χ4n) is 2.76. The van der Waals surface area contributed by atoms with Crippen LogP contribution >= 0.6 is 11.6 Å². The van der Waals surface area contributed by atoms with Gasteiger partial charge < -0.3 is 9.67 Å². The molecule has 0 spiro atoms. The first-order valence-corrected chi connectivity index (χ1v) is 6.18. The highest BCUT2D eigenvalue weighted by Gasteiger charge is 2.36. The van der Waals surface area contributed by atoms with E-state index in [1.165, 1.54) is 6.33 Å². The minimum atomic E-state index is -0.756. The van der Waals surface area contributed by atoms with Gasteiger partial charge in [-0.05, 0) is 12.8 Å². The van der Waals surface area contributed by atoms with E-state index in [1.807, 2.05) is 17.8 Å². The fourth-order valence-corrected chi connectivity index (χ4v) is 2.99. The van der Waals surface area contributed by atoms with Crippen molar-refractivity contribution in [1.82, 2.24) is 14.5 Å². The van der Waals surface area contributed by atoms with Gasteiger partial charge in [0.05, 0.1) is 11.0 Å².